The molecule has 1 unspecified atom stereocenters. The number of hydrogen-bond acceptors (Lipinski definition) is 4. The standard InChI is InChI=1S/C15H12N2O2S/c1-8-6-10-14(18)16-13(17-15(10)20-8)12-7-9-4-2-3-5-11(9)19-12/h2-7,13,17H,1H3,(H,16,18). The molecule has 1 atom stereocenters. The van der Waals surface area contributed by atoms with E-state index in [0.29, 0.717) is 5.56 Å². The summed E-state index contributed by atoms with van der Waals surface area (Å²) in [5.74, 6) is 0.657. The zero-order valence-electron chi connectivity index (χ0n) is 10.8. The molecule has 5 heteroatoms. The lowest BCUT2D eigenvalue weighted by Gasteiger charge is -2.23. The summed E-state index contributed by atoms with van der Waals surface area (Å²) in [5, 5.41) is 8.18. The average Bonchev–Trinajstić information content (AvgIpc) is 3.01. The molecule has 100 valence electrons. The number of nitrogens with one attached hydrogen (secondary N) is 2. The van der Waals surface area contributed by atoms with Crippen LogP contribution in [0, 0.1) is 6.92 Å². The van der Waals surface area contributed by atoms with E-state index >= 15 is 0 Å². The molecule has 4 nitrogen and oxygen atoms in total. The molecule has 0 radical (unpaired) electrons. The van der Waals surface area contributed by atoms with Crippen molar-refractivity contribution in [2.75, 3.05) is 5.32 Å². The number of thiophene rings is 1. The first-order chi connectivity index (χ1) is 9.70. The molecule has 1 aromatic carbocycles. The third-order valence-corrected chi connectivity index (χ3v) is 4.36. The van der Waals surface area contributed by atoms with E-state index in [4.69, 9.17) is 4.42 Å². The van der Waals surface area contributed by atoms with Crippen LogP contribution in [0.4, 0.5) is 5.00 Å². The highest BCUT2D eigenvalue weighted by molar-refractivity contribution is 7.16. The fraction of sp³-hybridized carbons (Fsp3) is 0.133. The summed E-state index contributed by atoms with van der Waals surface area (Å²) < 4.78 is 5.81. The number of furan rings is 1. The van der Waals surface area contributed by atoms with Gasteiger partial charge in [-0.1, -0.05) is 18.2 Å². The number of aryl methyl sites for hydroxylation is 1. The van der Waals surface area contributed by atoms with E-state index in [1.807, 2.05) is 43.3 Å². The molecule has 4 rings (SSSR count). The van der Waals surface area contributed by atoms with Crippen LogP contribution in [0.25, 0.3) is 11.0 Å². The first-order valence-electron chi connectivity index (χ1n) is 6.37. The maximum Gasteiger partial charge on any atom is 0.256 e. The van der Waals surface area contributed by atoms with Crippen molar-refractivity contribution in [3.05, 3.63) is 52.6 Å². The molecule has 1 aliphatic heterocycles. The first-order valence-corrected chi connectivity index (χ1v) is 7.19. The van der Waals surface area contributed by atoms with Crippen molar-refractivity contribution in [1.29, 1.82) is 0 Å². The van der Waals surface area contributed by atoms with Gasteiger partial charge < -0.3 is 15.1 Å². The Kier molecular flexibility index (Phi) is 2.37. The number of benzene rings is 1. The van der Waals surface area contributed by atoms with Gasteiger partial charge in [0.25, 0.3) is 5.91 Å². The molecule has 0 bridgehead atoms. The van der Waals surface area contributed by atoms with Gasteiger partial charge in [-0.2, -0.15) is 0 Å². The number of fused-ring (bicyclic) bond motifs is 2. The molecule has 3 heterocycles. The van der Waals surface area contributed by atoms with Gasteiger partial charge in [-0.25, -0.2) is 0 Å². The Morgan fingerprint density at radius 2 is 2.05 bits per heavy atom. The SMILES string of the molecule is Cc1cc2c(s1)NC(c1cc3ccccc3o1)NC2=O. The van der Waals surface area contributed by atoms with Gasteiger partial charge in [0.05, 0.1) is 5.56 Å². The van der Waals surface area contributed by atoms with E-state index in [0.717, 1.165) is 26.6 Å². The lowest BCUT2D eigenvalue weighted by atomic mass is 10.2. The second-order valence-corrected chi connectivity index (χ2v) is 6.09. The highest BCUT2D eigenvalue weighted by atomic mass is 32.1. The third-order valence-electron chi connectivity index (χ3n) is 3.38. The van der Waals surface area contributed by atoms with E-state index < -0.39 is 0 Å². The number of hydrogen-bond donors (Lipinski definition) is 2. The van der Waals surface area contributed by atoms with Crippen molar-refractivity contribution < 1.29 is 9.21 Å². The molecule has 2 aromatic heterocycles. The van der Waals surface area contributed by atoms with Crippen molar-refractivity contribution in [2.45, 2.75) is 13.1 Å². The first kappa shape index (κ1) is 11.5. The maximum absolute atomic E-state index is 12.1. The average molecular weight is 284 g/mol. The van der Waals surface area contributed by atoms with Crippen LogP contribution in [0.15, 0.2) is 40.8 Å². The number of anilines is 1. The molecule has 1 amide bonds. The summed E-state index contributed by atoms with van der Waals surface area (Å²) in [7, 11) is 0. The van der Waals surface area contributed by atoms with Gasteiger partial charge in [0.1, 0.15) is 16.3 Å². The minimum Gasteiger partial charge on any atom is -0.457 e. The normalized spacial score (nSPS) is 17.6. The Balaban J connectivity index is 1.75. The van der Waals surface area contributed by atoms with Crippen LogP contribution in [0.5, 0.6) is 0 Å². The molecule has 20 heavy (non-hydrogen) atoms. The van der Waals surface area contributed by atoms with E-state index in [2.05, 4.69) is 10.6 Å². The summed E-state index contributed by atoms with van der Waals surface area (Å²) in [4.78, 5) is 13.2. The monoisotopic (exact) mass is 284 g/mol. The highest BCUT2D eigenvalue weighted by Gasteiger charge is 2.28. The number of carbonyl (C=O) groups is 1. The maximum atomic E-state index is 12.1. The fourth-order valence-electron chi connectivity index (χ4n) is 2.45. The van der Waals surface area contributed by atoms with Crippen molar-refractivity contribution >= 4 is 33.2 Å². The second kappa shape index (κ2) is 4.11. The molecular formula is C15H12N2O2S. The van der Waals surface area contributed by atoms with Gasteiger partial charge in [0.15, 0.2) is 6.17 Å². The highest BCUT2D eigenvalue weighted by Crippen LogP contribution is 2.35. The number of carbonyl (C=O) groups excluding carboxylic acids is 1. The summed E-state index contributed by atoms with van der Waals surface area (Å²) in [5.41, 5.74) is 1.53. The van der Waals surface area contributed by atoms with E-state index in [1.54, 1.807) is 11.3 Å². The Morgan fingerprint density at radius 1 is 1.20 bits per heavy atom. The van der Waals surface area contributed by atoms with Crippen LogP contribution >= 0.6 is 11.3 Å². The smallest absolute Gasteiger partial charge is 0.256 e. The van der Waals surface area contributed by atoms with Crippen molar-refractivity contribution in [3.63, 3.8) is 0 Å². The Morgan fingerprint density at radius 3 is 2.90 bits per heavy atom. The van der Waals surface area contributed by atoms with Gasteiger partial charge in [-0.05, 0) is 25.1 Å². The third kappa shape index (κ3) is 1.71. The molecule has 1 aliphatic rings. The van der Waals surface area contributed by atoms with Crippen LogP contribution < -0.4 is 10.6 Å². The molecule has 0 aliphatic carbocycles. The van der Waals surface area contributed by atoms with Crippen LogP contribution in [0.2, 0.25) is 0 Å². The van der Waals surface area contributed by atoms with Crippen LogP contribution in [-0.4, -0.2) is 5.91 Å². The fourth-order valence-corrected chi connectivity index (χ4v) is 3.39. The minimum atomic E-state index is -0.319. The van der Waals surface area contributed by atoms with Gasteiger partial charge >= 0.3 is 0 Å². The predicted octanol–water partition coefficient (Wildman–Crippen LogP) is 3.66. The van der Waals surface area contributed by atoms with E-state index in [9.17, 15) is 4.79 Å². The van der Waals surface area contributed by atoms with Crippen LogP contribution in [0.3, 0.4) is 0 Å². The largest absolute Gasteiger partial charge is 0.457 e. The summed E-state index contributed by atoms with van der Waals surface area (Å²) in [6.07, 6.45) is -0.319. The van der Waals surface area contributed by atoms with Crippen molar-refractivity contribution in [1.82, 2.24) is 5.32 Å². The van der Waals surface area contributed by atoms with Crippen molar-refractivity contribution in [2.24, 2.45) is 0 Å². The molecular weight excluding hydrogens is 272 g/mol. The lowest BCUT2D eigenvalue weighted by Crippen LogP contribution is -2.37. The lowest BCUT2D eigenvalue weighted by molar-refractivity contribution is 0.0932. The summed E-state index contributed by atoms with van der Waals surface area (Å²) >= 11 is 1.59. The van der Waals surface area contributed by atoms with E-state index in [1.165, 1.54) is 0 Å². The molecule has 3 aromatic rings. The molecule has 2 N–H and O–H groups in total. The number of amides is 1. The van der Waals surface area contributed by atoms with Crippen LogP contribution in [-0.2, 0) is 0 Å². The van der Waals surface area contributed by atoms with Crippen LogP contribution in [0.1, 0.15) is 27.2 Å². The zero-order valence-corrected chi connectivity index (χ0v) is 11.6. The Hall–Kier alpha value is -2.27. The zero-order chi connectivity index (χ0) is 13.7. The summed E-state index contributed by atoms with van der Waals surface area (Å²) in [6.45, 7) is 1.99. The molecule has 0 fully saturated rings. The second-order valence-electron chi connectivity index (χ2n) is 4.84. The molecule has 0 spiro atoms. The van der Waals surface area contributed by atoms with Gasteiger partial charge in [0.2, 0.25) is 0 Å². The van der Waals surface area contributed by atoms with Crippen molar-refractivity contribution in [3.8, 4) is 0 Å². The van der Waals surface area contributed by atoms with Gasteiger partial charge in [-0.3, -0.25) is 4.79 Å². The van der Waals surface area contributed by atoms with E-state index in [-0.39, 0.29) is 12.1 Å². The van der Waals surface area contributed by atoms with Gasteiger partial charge in [0, 0.05) is 10.3 Å². The topological polar surface area (TPSA) is 54.3 Å². The minimum absolute atomic E-state index is 0.0615. The molecule has 0 saturated carbocycles. The number of rotatable bonds is 1. The quantitative estimate of drug-likeness (QED) is 0.717. The number of para-hydroxylation sites is 1. The summed E-state index contributed by atoms with van der Waals surface area (Å²) in [6, 6.07) is 11.7. The predicted molar refractivity (Wildman–Crippen MR) is 79.1 cm³/mol. The Labute approximate surface area is 119 Å². The van der Waals surface area contributed by atoms with Gasteiger partial charge in [-0.15, -0.1) is 11.3 Å². The Bertz CT molecular complexity index is 785. The molecule has 0 saturated heterocycles.